The molecule has 1 aliphatic heterocycles. The summed E-state index contributed by atoms with van der Waals surface area (Å²) in [6.07, 6.45) is 1.77. The molecule has 0 radical (unpaired) electrons. The minimum absolute atomic E-state index is 0.356. The Morgan fingerprint density at radius 3 is 3.23 bits per heavy atom. The highest BCUT2D eigenvalue weighted by atomic mass is 19.1. The molecule has 4 nitrogen and oxygen atoms in total. The number of rotatable bonds is 2. The molecule has 13 heavy (non-hydrogen) atoms. The van der Waals surface area contributed by atoms with Gasteiger partial charge in [0.15, 0.2) is 0 Å². The van der Waals surface area contributed by atoms with Gasteiger partial charge in [0.05, 0.1) is 0 Å². The van der Waals surface area contributed by atoms with Crippen molar-refractivity contribution in [3.05, 3.63) is 18.3 Å². The van der Waals surface area contributed by atoms with E-state index in [2.05, 4.69) is 20.6 Å². The molecule has 1 aromatic rings. The molecule has 70 valence electrons. The summed E-state index contributed by atoms with van der Waals surface area (Å²) >= 11 is 0. The van der Waals surface area contributed by atoms with Crippen molar-refractivity contribution in [2.45, 2.75) is 12.5 Å². The van der Waals surface area contributed by atoms with E-state index in [9.17, 15) is 4.39 Å². The maximum atomic E-state index is 12.6. The average Bonchev–Trinajstić information content (AvgIpc) is 2.57. The molecule has 1 aliphatic rings. The van der Waals surface area contributed by atoms with Crippen LogP contribution in [0.4, 0.5) is 10.2 Å². The number of anilines is 1. The van der Waals surface area contributed by atoms with Gasteiger partial charge in [-0.05, 0) is 19.0 Å². The summed E-state index contributed by atoms with van der Waals surface area (Å²) in [6.45, 7) is 1.91. The average molecular weight is 182 g/mol. The van der Waals surface area contributed by atoms with E-state index in [-0.39, 0.29) is 0 Å². The summed E-state index contributed by atoms with van der Waals surface area (Å²) in [6, 6.07) is 2.02. The summed E-state index contributed by atoms with van der Waals surface area (Å²) in [4.78, 5) is 7.00. The van der Waals surface area contributed by atoms with Gasteiger partial charge in [0.2, 0.25) is 0 Å². The topological polar surface area (TPSA) is 49.8 Å². The van der Waals surface area contributed by atoms with E-state index >= 15 is 0 Å². The Kier molecular flexibility index (Phi) is 2.35. The molecule has 0 saturated carbocycles. The van der Waals surface area contributed by atoms with Crippen LogP contribution in [0.5, 0.6) is 0 Å². The van der Waals surface area contributed by atoms with E-state index in [1.807, 2.05) is 0 Å². The Balaban J connectivity index is 2.00. The Morgan fingerprint density at radius 2 is 2.54 bits per heavy atom. The highest BCUT2D eigenvalue weighted by molar-refractivity contribution is 5.33. The smallest absolute Gasteiger partial charge is 0.310 e. The largest absolute Gasteiger partial charge is 0.366 e. The third-order valence-corrected chi connectivity index (χ3v) is 2.04. The van der Waals surface area contributed by atoms with Crippen molar-refractivity contribution in [3.8, 4) is 0 Å². The molecule has 1 saturated heterocycles. The molecule has 5 heteroatoms. The van der Waals surface area contributed by atoms with E-state index < -0.39 is 6.08 Å². The minimum Gasteiger partial charge on any atom is -0.366 e. The fourth-order valence-electron chi connectivity index (χ4n) is 1.40. The number of halogens is 1. The first-order chi connectivity index (χ1) is 6.34. The van der Waals surface area contributed by atoms with Crippen molar-refractivity contribution in [3.63, 3.8) is 0 Å². The van der Waals surface area contributed by atoms with Crippen molar-refractivity contribution in [1.82, 2.24) is 15.3 Å². The maximum absolute atomic E-state index is 12.6. The van der Waals surface area contributed by atoms with Crippen LogP contribution in [-0.4, -0.2) is 29.1 Å². The molecule has 2 N–H and O–H groups in total. The van der Waals surface area contributed by atoms with Crippen LogP contribution in [0.15, 0.2) is 12.3 Å². The molecule has 0 aromatic carbocycles. The van der Waals surface area contributed by atoms with Crippen LogP contribution in [0, 0.1) is 6.08 Å². The van der Waals surface area contributed by atoms with Gasteiger partial charge in [-0.1, -0.05) is 0 Å². The first kappa shape index (κ1) is 8.37. The second-order valence-electron chi connectivity index (χ2n) is 3.04. The van der Waals surface area contributed by atoms with Crippen molar-refractivity contribution in [2.24, 2.45) is 0 Å². The maximum Gasteiger partial charge on any atom is 0.310 e. The van der Waals surface area contributed by atoms with E-state index in [1.165, 1.54) is 6.20 Å². The lowest BCUT2D eigenvalue weighted by Gasteiger charge is -2.10. The van der Waals surface area contributed by atoms with E-state index in [4.69, 9.17) is 0 Å². The fraction of sp³-hybridized carbons (Fsp3) is 0.500. The van der Waals surface area contributed by atoms with Crippen LogP contribution >= 0.6 is 0 Å². The van der Waals surface area contributed by atoms with Gasteiger partial charge < -0.3 is 10.6 Å². The van der Waals surface area contributed by atoms with Crippen LogP contribution in [0.1, 0.15) is 6.42 Å². The third kappa shape index (κ3) is 2.12. The Hall–Kier alpha value is -1.23. The molecule has 0 spiro atoms. The molecule has 1 atom stereocenters. The van der Waals surface area contributed by atoms with Gasteiger partial charge in [-0.3, -0.25) is 0 Å². The van der Waals surface area contributed by atoms with Gasteiger partial charge in [-0.25, -0.2) is 4.98 Å². The minimum atomic E-state index is -0.684. The molecular weight excluding hydrogens is 171 g/mol. The summed E-state index contributed by atoms with van der Waals surface area (Å²) in [7, 11) is 0. The summed E-state index contributed by atoms with van der Waals surface area (Å²) in [5.74, 6) is 0.557. The van der Waals surface area contributed by atoms with Crippen LogP contribution in [-0.2, 0) is 0 Å². The molecule has 2 heterocycles. The van der Waals surface area contributed by atoms with Gasteiger partial charge in [-0.2, -0.15) is 9.37 Å². The van der Waals surface area contributed by atoms with Gasteiger partial charge in [-0.15, -0.1) is 0 Å². The first-order valence-corrected chi connectivity index (χ1v) is 4.30. The summed E-state index contributed by atoms with van der Waals surface area (Å²) in [5, 5.41) is 6.34. The molecule has 0 unspecified atom stereocenters. The van der Waals surface area contributed by atoms with Gasteiger partial charge in [0.1, 0.15) is 5.82 Å². The summed E-state index contributed by atoms with van der Waals surface area (Å²) in [5.41, 5.74) is 0. The van der Waals surface area contributed by atoms with Crippen molar-refractivity contribution >= 4 is 5.82 Å². The molecule has 0 amide bonds. The normalized spacial score (nSPS) is 21.8. The van der Waals surface area contributed by atoms with Gasteiger partial charge in [0.25, 0.3) is 0 Å². The van der Waals surface area contributed by atoms with Crippen LogP contribution < -0.4 is 10.6 Å². The number of hydrogen-bond acceptors (Lipinski definition) is 4. The number of aromatic nitrogens is 2. The third-order valence-electron chi connectivity index (χ3n) is 2.04. The zero-order valence-electron chi connectivity index (χ0n) is 7.13. The van der Waals surface area contributed by atoms with Gasteiger partial charge in [0, 0.05) is 18.8 Å². The van der Waals surface area contributed by atoms with Crippen molar-refractivity contribution < 1.29 is 4.39 Å². The highest BCUT2D eigenvalue weighted by Crippen LogP contribution is 2.07. The lowest BCUT2D eigenvalue weighted by atomic mass is 10.2. The highest BCUT2D eigenvalue weighted by Gasteiger charge is 2.14. The number of nitrogens with zero attached hydrogens (tertiary/aromatic N) is 2. The standard InChI is InChI=1S/C8H11FN4/c9-8-11-4-2-7(13-8)12-6-1-3-10-5-6/h2,4,6,10H,1,3,5H2,(H,11,12,13)/t6-/m0/s1. The second kappa shape index (κ2) is 3.66. The Labute approximate surface area is 75.6 Å². The predicted octanol–water partition coefficient (Wildman–Crippen LogP) is 0.389. The van der Waals surface area contributed by atoms with E-state index in [0.717, 1.165) is 19.5 Å². The van der Waals surface area contributed by atoms with Crippen LogP contribution in [0.3, 0.4) is 0 Å². The summed E-state index contributed by atoms with van der Waals surface area (Å²) < 4.78 is 12.6. The lowest BCUT2D eigenvalue weighted by molar-refractivity contribution is 0.539. The zero-order chi connectivity index (χ0) is 9.10. The van der Waals surface area contributed by atoms with E-state index in [1.54, 1.807) is 6.07 Å². The quantitative estimate of drug-likeness (QED) is 0.649. The predicted molar refractivity (Wildman–Crippen MR) is 46.9 cm³/mol. The molecule has 1 fully saturated rings. The molecule has 1 aromatic heterocycles. The monoisotopic (exact) mass is 182 g/mol. The van der Waals surface area contributed by atoms with Crippen molar-refractivity contribution in [1.29, 1.82) is 0 Å². The Morgan fingerprint density at radius 1 is 1.62 bits per heavy atom. The Bertz CT molecular complexity index is 285. The molecule has 0 bridgehead atoms. The fourth-order valence-corrected chi connectivity index (χ4v) is 1.40. The second-order valence-corrected chi connectivity index (χ2v) is 3.04. The molecule has 2 rings (SSSR count). The zero-order valence-corrected chi connectivity index (χ0v) is 7.13. The van der Waals surface area contributed by atoms with Gasteiger partial charge >= 0.3 is 6.08 Å². The first-order valence-electron chi connectivity index (χ1n) is 4.30. The van der Waals surface area contributed by atoms with E-state index in [0.29, 0.717) is 11.9 Å². The van der Waals surface area contributed by atoms with Crippen molar-refractivity contribution in [2.75, 3.05) is 18.4 Å². The lowest BCUT2D eigenvalue weighted by Crippen LogP contribution is -2.22. The number of hydrogen-bond donors (Lipinski definition) is 2. The van der Waals surface area contributed by atoms with Crippen LogP contribution in [0.2, 0.25) is 0 Å². The molecular formula is C8H11FN4. The SMILES string of the molecule is Fc1nccc(N[C@H]2CCNC2)n1. The molecule has 0 aliphatic carbocycles. The van der Waals surface area contributed by atoms with Crippen LogP contribution in [0.25, 0.3) is 0 Å². The number of nitrogens with one attached hydrogen (secondary N) is 2.